The van der Waals surface area contributed by atoms with Gasteiger partial charge >= 0.3 is 0 Å². The van der Waals surface area contributed by atoms with E-state index in [1.54, 1.807) is 6.08 Å². The molecule has 0 fully saturated rings. The highest BCUT2D eigenvalue weighted by Gasteiger charge is 2.29. The summed E-state index contributed by atoms with van der Waals surface area (Å²) >= 11 is 6.36. The molecule has 0 aliphatic rings. The Kier molecular flexibility index (Phi) is 9.47. The summed E-state index contributed by atoms with van der Waals surface area (Å²) < 4.78 is 62.1. The van der Waals surface area contributed by atoms with Gasteiger partial charge in [0.2, 0.25) is 0 Å². The fourth-order valence-corrected chi connectivity index (χ4v) is 3.84. The molecule has 1 atom stereocenters. The molecule has 3 rings (SSSR count). The van der Waals surface area contributed by atoms with E-state index in [0.29, 0.717) is 22.7 Å². The van der Waals surface area contributed by atoms with Gasteiger partial charge in [-0.05, 0) is 50.1 Å². The zero-order chi connectivity index (χ0) is 26.2. The average Bonchev–Trinajstić information content (AvgIpc) is 3.44. The smallest absolute Gasteiger partial charge is 0.281 e. The van der Waals surface area contributed by atoms with Crippen molar-refractivity contribution in [3.05, 3.63) is 94.7 Å². The number of aromatic nitrogens is 3. The van der Waals surface area contributed by atoms with E-state index in [0.717, 1.165) is 16.3 Å². The summed E-state index contributed by atoms with van der Waals surface area (Å²) in [4.78, 5) is 0. The molecule has 190 valence electrons. The zero-order valence-corrected chi connectivity index (χ0v) is 20.8. The molecule has 2 heterocycles. The van der Waals surface area contributed by atoms with Gasteiger partial charge in [-0.3, -0.25) is 0 Å². The van der Waals surface area contributed by atoms with Crippen molar-refractivity contribution in [3.63, 3.8) is 0 Å². The lowest BCUT2D eigenvalue weighted by molar-refractivity contribution is 0.143. The number of halogens is 5. The number of benzene rings is 1. The van der Waals surface area contributed by atoms with Gasteiger partial charge in [0.15, 0.2) is 5.76 Å². The molecule has 9 heteroatoms. The van der Waals surface area contributed by atoms with E-state index in [2.05, 4.69) is 10.3 Å². The highest BCUT2D eigenvalue weighted by atomic mass is 35.5. The van der Waals surface area contributed by atoms with Crippen molar-refractivity contribution in [1.82, 2.24) is 14.9 Å². The van der Waals surface area contributed by atoms with Crippen molar-refractivity contribution in [2.45, 2.75) is 46.2 Å². The van der Waals surface area contributed by atoms with Gasteiger partial charge in [0.1, 0.15) is 17.7 Å². The van der Waals surface area contributed by atoms with Crippen LogP contribution >= 0.6 is 11.6 Å². The molecular weight excluding hydrogens is 494 g/mol. The highest BCUT2D eigenvalue weighted by molar-refractivity contribution is 6.29. The predicted molar refractivity (Wildman–Crippen MR) is 134 cm³/mol. The van der Waals surface area contributed by atoms with E-state index in [4.69, 9.17) is 16.1 Å². The predicted octanol–water partition coefficient (Wildman–Crippen LogP) is 8.55. The van der Waals surface area contributed by atoms with Gasteiger partial charge in [-0.1, -0.05) is 60.1 Å². The fraction of sp³-hybridized carbons (Fsp3) is 0.259. The molecule has 1 unspecified atom stereocenters. The van der Waals surface area contributed by atoms with Crippen LogP contribution in [-0.2, 0) is 6.42 Å². The van der Waals surface area contributed by atoms with Crippen LogP contribution in [0.3, 0.4) is 0 Å². The van der Waals surface area contributed by atoms with Gasteiger partial charge in [-0.25, -0.2) is 22.2 Å². The molecule has 3 aromatic rings. The van der Waals surface area contributed by atoms with E-state index in [1.165, 1.54) is 43.5 Å². The minimum atomic E-state index is -2.94. The van der Waals surface area contributed by atoms with Gasteiger partial charge in [0.05, 0.1) is 23.1 Å². The van der Waals surface area contributed by atoms with E-state index < -0.39 is 24.1 Å². The number of rotatable bonds is 10. The maximum atomic E-state index is 14.3. The first kappa shape index (κ1) is 27.2. The Morgan fingerprint density at radius 3 is 2.61 bits per heavy atom. The van der Waals surface area contributed by atoms with Gasteiger partial charge in [-0.15, -0.1) is 0 Å². The zero-order valence-electron chi connectivity index (χ0n) is 20.1. The standard InChI is InChI=1S/C27H26ClF4N3O/c1-4-6-10-18(5-2)24-23(14-19(28)11-7-9-17(3)29)34-36-26(24)22-16-33-35(25(22)27(31)32)21-13-8-12-20(30)15-21/h4,6-13,15-17,27H,5,14H2,1-3H3/b6-4-,9-7-,18-10+,19-11+. The normalized spacial score (nSPS) is 14.0. The summed E-state index contributed by atoms with van der Waals surface area (Å²) in [6.07, 6.45) is 7.78. The summed E-state index contributed by atoms with van der Waals surface area (Å²) in [5, 5.41) is 8.61. The first-order valence-corrected chi connectivity index (χ1v) is 11.7. The van der Waals surface area contributed by atoms with E-state index in [1.807, 2.05) is 32.1 Å². The number of alkyl halides is 3. The van der Waals surface area contributed by atoms with Crippen molar-refractivity contribution >= 4 is 17.2 Å². The Balaban J connectivity index is 2.18. The Hall–Kier alpha value is -3.39. The third-order valence-electron chi connectivity index (χ3n) is 5.25. The van der Waals surface area contributed by atoms with Crippen LogP contribution in [0.15, 0.2) is 76.5 Å². The minimum absolute atomic E-state index is 0.0362. The molecule has 0 spiro atoms. The number of nitrogens with zero attached hydrogens (tertiary/aromatic N) is 3. The second kappa shape index (κ2) is 12.5. The van der Waals surface area contributed by atoms with Crippen LogP contribution in [-0.4, -0.2) is 21.1 Å². The number of hydrogen-bond donors (Lipinski definition) is 0. The third kappa shape index (κ3) is 6.43. The van der Waals surface area contributed by atoms with Crippen LogP contribution in [0.4, 0.5) is 17.6 Å². The molecule has 0 bridgehead atoms. The SMILES string of the molecule is C/C=C\C=C(/CC)c1c(C/C(Cl)=C\C=C/C(C)F)noc1-c1cnn(-c2cccc(F)c2)c1C(F)F. The summed E-state index contributed by atoms with van der Waals surface area (Å²) in [5.41, 5.74) is 1.48. The topological polar surface area (TPSA) is 43.9 Å². The third-order valence-corrected chi connectivity index (χ3v) is 5.51. The summed E-state index contributed by atoms with van der Waals surface area (Å²) in [6.45, 7) is 5.17. The fourth-order valence-electron chi connectivity index (χ4n) is 3.64. The quantitative estimate of drug-likeness (QED) is 0.199. The summed E-state index contributed by atoms with van der Waals surface area (Å²) in [7, 11) is 0. The van der Waals surface area contributed by atoms with Crippen LogP contribution in [0.2, 0.25) is 0 Å². The van der Waals surface area contributed by atoms with Crippen molar-refractivity contribution < 1.29 is 22.1 Å². The van der Waals surface area contributed by atoms with Crippen LogP contribution in [0.5, 0.6) is 0 Å². The van der Waals surface area contributed by atoms with Crippen molar-refractivity contribution in [3.8, 4) is 17.0 Å². The van der Waals surface area contributed by atoms with Crippen LogP contribution in [0.1, 0.15) is 50.6 Å². The second-order valence-electron chi connectivity index (χ2n) is 7.89. The molecule has 2 aromatic heterocycles. The average molecular weight is 520 g/mol. The molecule has 36 heavy (non-hydrogen) atoms. The molecule has 0 amide bonds. The van der Waals surface area contributed by atoms with E-state index in [-0.39, 0.29) is 23.4 Å². The molecule has 0 radical (unpaired) electrons. The molecule has 0 N–H and O–H groups in total. The second-order valence-corrected chi connectivity index (χ2v) is 8.38. The Bertz CT molecular complexity index is 1300. The van der Waals surface area contributed by atoms with Gasteiger partial charge in [-0.2, -0.15) is 5.10 Å². The molecule has 0 saturated heterocycles. The first-order chi connectivity index (χ1) is 17.3. The number of hydrogen-bond acceptors (Lipinski definition) is 3. The minimum Gasteiger partial charge on any atom is -0.355 e. The molecule has 1 aromatic carbocycles. The maximum Gasteiger partial charge on any atom is 0.281 e. The Morgan fingerprint density at radius 1 is 1.19 bits per heavy atom. The van der Waals surface area contributed by atoms with Crippen LogP contribution < -0.4 is 0 Å². The molecule has 0 aliphatic carbocycles. The number of allylic oxidation sites excluding steroid dienone is 8. The van der Waals surface area contributed by atoms with Crippen LogP contribution in [0.25, 0.3) is 22.6 Å². The van der Waals surface area contributed by atoms with Crippen molar-refractivity contribution in [2.75, 3.05) is 0 Å². The lowest BCUT2D eigenvalue weighted by atomic mass is 9.96. The molecule has 4 nitrogen and oxygen atoms in total. The lowest BCUT2D eigenvalue weighted by Crippen LogP contribution is -2.04. The van der Waals surface area contributed by atoms with Gasteiger partial charge in [0, 0.05) is 17.0 Å². The lowest BCUT2D eigenvalue weighted by Gasteiger charge is -2.10. The molecular formula is C27H26ClF4N3O. The Labute approximate surface area is 212 Å². The monoisotopic (exact) mass is 519 g/mol. The highest BCUT2D eigenvalue weighted by Crippen LogP contribution is 2.40. The van der Waals surface area contributed by atoms with Gasteiger partial charge in [0.25, 0.3) is 6.43 Å². The van der Waals surface area contributed by atoms with Gasteiger partial charge < -0.3 is 4.52 Å². The van der Waals surface area contributed by atoms with E-state index in [9.17, 15) is 17.6 Å². The largest absolute Gasteiger partial charge is 0.355 e. The molecule has 0 saturated carbocycles. The van der Waals surface area contributed by atoms with E-state index >= 15 is 0 Å². The first-order valence-electron chi connectivity index (χ1n) is 11.4. The maximum absolute atomic E-state index is 14.3. The summed E-state index contributed by atoms with van der Waals surface area (Å²) in [6, 6.07) is 5.24. The molecule has 0 aliphatic heterocycles. The van der Waals surface area contributed by atoms with Crippen molar-refractivity contribution in [1.29, 1.82) is 0 Å². The Morgan fingerprint density at radius 2 is 1.97 bits per heavy atom. The summed E-state index contributed by atoms with van der Waals surface area (Å²) in [5.74, 6) is -0.467. The van der Waals surface area contributed by atoms with Crippen molar-refractivity contribution in [2.24, 2.45) is 0 Å². The van der Waals surface area contributed by atoms with Crippen LogP contribution in [0, 0.1) is 5.82 Å².